The molecule has 0 aliphatic rings. The highest BCUT2D eigenvalue weighted by Gasteiger charge is 2.24. The van der Waals surface area contributed by atoms with Crippen LogP contribution in [0.25, 0.3) is 0 Å². The van der Waals surface area contributed by atoms with Crippen LogP contribution in [0.5, 0.6) is 5.75 Å². The highest BCUT2D eigenvalue weighted by molar-refractivity contribution is 7.92. The van der Waals surface area contributed by atoms with Gasteiger partial charge in [-0.25, -0.2) is 13.2 Å². The molecule has 9 heteroatoms. The van der Waals surface area contributed by atoms with Gasteiger partial charge in [0.25, 0.3) is 0 Å². The van der Waals surface area contributed by atoms with E-state index in [0.717, 1.165) is 12.3 Å². The predicted octanol–water partition coefficient (Wildman–Crippen LogP) is -0.355. The number of hydrogen-bond donors (Lipinski definition) is 2. The number of benzene rings is 1. The van der Waals surface area contributed by atoms with Gasteiger partial charge in [0.1, 0.15) is 12.3 Å². The summed E-state index contributed by atoms with van der Waals surface area (Å²) in [5.74, 6) is -2.00. The van der Waals surface area contributed by atoms with E-state index in [1.165, 1.54) is 19.2 Å². The number of methoxy groups -OCH3 is 1. The fourth-order valence-corrected chi connectivity index (χ4v) is 2.40. The summed E-state index contributed by atoms with van der Waals surface area (Å²) in [4.78, 5) is 22.0. The third-order valence-electron chi connectivity index (χ3n) is 2.39. The van der Waals surface area contributed by atoms with Crippen LogP contribution < -0.4 is 14.8 Å². The Labute approximate surface area is 115 Å². The van der Waals surface area contributed by atoms with E-state index in [0.29, 0.717) is 4.31 Å². The second kappa shape index (κ2) is 5.78. The summed E-state index contributed by atoms with van der Waals surface area (Å²) in [5.41, 5.74) is 4.81. The molecule has 1 rings (SSSR count). The summed E-state index contributed by atoms with van der Waals surface area (Å²) in [6, 6.07) is 3.67. The number of carboxylic acids is 1. The molecule has 0 atom stereocenters. The van der Waals surface area contributed by atoms with Crippen LogP contribution >= 0.6 is 0 Å². The van der Waals surface area contributed by atoms with Crippen molar-refractivity contribution in [3.63, 3.8) is 0 Å². The van der Waals surface area contributed by atoms with Crippen LogP contribution in [0.3, 0.4) is 0 Å². The van der Waals surface area contributed by atoms with Crippen molar-refractivity contribution in [1.82, 2.24) is 0 Å². The topological polar surface area (TPSA) is 127 Å². The molecule has 0 saturated carbocycles. The van der Waals surface area contributed by atoms with Gasteiger partial charge in [0.05, 0.1) is 24.6 Å². The number of sulfonamides is 1. The van der Waals surface area contributed by atoms with Gasteiger partial charge in [-0.3, -0.25) is 9.10 Å². The van der Waals surface area contributed by atoms with Crippen molar-refractivity contribution in [2.24, 2.45) is 5.73 Å². The SMILES string of the molecule is COc1ccc(C(=O)O)cc1N(CC(N)=O)S(C)(=O)=O. The first-order valence-electron chi connectivity index (χ1n) is 5.34. The molecule has 0 radical (unpaired) electrons. The lowest BCUT2D eigenvalue weighted by molar-refractivity contribution is -0.116. The number of aromatic carboxylic acids is 1. The molecule has 0 fully saturated rings. The van der Waals surface area contributed by atoms with Gasteiger partial charge in [-0.2, -0.15) is 0 Å². The zero-order chi connectivity index (χ0) is 15.5. The smallest absolute Gasteiger partial charge is 0.335 e. The fourth-order valence-electron chi connectivity index (χ4n) is 1.54. The van der Waals surface area contributed by atoms with Gasteiger partial charge in [-0.1, -0.05) is 0 Å². The number of carbonyl (C=O) groups is 2. The minimum Gasteiger partial charge on any atom is -0.495 e. The maximum atomic E-state index is 11.7. The minimum absolute atomic E-state index is 0.0614. The summed E-state index contributed by atoms with van der Waals surface area (Å²) in [6.07, 6.45) is 0.878. The van der Waals surface area contributed by atoms with Gasteiger partial charge < -0.3 is 15.6 Å². The lowest BCUT2D eigenvalue weighted by Crippen LogP contribution is -2.38. The molecule has 0 unspecified atom stereocenters. The fraction of sp³-hybridized carbons (Fsp3) is 0.273. The molecule has 1 amide bonds. The number of anilines is 1. The van der Waals surface area contributed by atoms with Crippen LogP contribution in [0, 0.1) is 0 Å². The molecule has 0 aliphatic carbocycles. The Hall–Kier alpha value is -2.29. The Morgan fingerprint density at radius 1 is 1.40 bits per heavy atom. The van der Waals surface area contributed by atoms with E-state index in [9.17, 15) is 18.0 Å². The minimum atomic E-state index is -3.83. The lowest BCUT2D eigenvalue weighted by atomic mass is 10.2. The number of hydrogen-bond acceptors (Lipinski definition) is 5. The molecule has 1 aromatic rings. The Bertz CT molecular complexity index is 640. The maximum absolute atomic E-state index is 11.7. The van der Waals surface area contributed by atoms with Crippen LogP contribution in [0.1, 0.15) is 10.4 Å². The van der Waals surface area contributed by atoms with Crippen LogP contribution in [-0.2, 0) is 14.8 Å². The maximum Gasteiger partial charge on any atom is 0.335 e. The molecule has 3 N–H and O–H groups in total. The van der Waals surface area contributed by atoms with Crippen LogP contribution in [0.4, 0.5) is 5.69 Å². The van der Waals surface area contributed by atoms with Gasteiger partial charge in [-0.05, 0) is 18.2 Å². The third kappa shape index (κ3) is 3.60. The molecular weight excluding hydrogens is 288 g/mol. The summed E-state index contributed by atoms with van der Waals surface area (Å²) in [6.45, 7) is -0.613. The Morgan fingerprint density at radius 3 is 2.40 bits per heavy atom. The van der Waals surface area contributed by atoms with Crippen molar-refractivity contribution in [3.8, 4) is 5.75 Å². The number of nitrogens with zero attached hydrogens (tertiary/aromatic N) is 1. The van der Waals surface area contributed by atoms with E-state index >= 15 is 0 Å². The van der Waals surface area contributed by atoms with Crippen LogP contribution in [-0.4, -0.2) is 45.3 Å². The van der Waals surface area contributed by atoms with Gasteiger partial charge in [0, 0.05) is 0 Å². The van der Waals surface area contributed by atoms with Crippen molar-refractivity contribution < 1.29 is 27.9 Å². The van der Waals surface area contributed by atoms with Crippen molar-refractivity contribution in [2.75, 3.05) is 24.2 Å². The first-order valence-corrected chi connectivity index (χ1v) is 7.19. The zero-order valence-electron chi connectivity index (χ0n) is 10.9. The second-order valence-corrected chi connectivity index (χ2v) is 5.83. The quantitative estimate of drug-likeness (QED) is 0.739. The van der Waals surface area contributed by atoms with E-state index < -0.39 is 28.4 Å². The molecule has 0 saturated heterocycles. The standard InChI is InChI=1S/C11H14N2O6S/c1-19-9-4-3-7(11(15)16)5-8(9)13(6-10(12)14)20(2,17)18/h3-5H,6H2,1-2H3,(H2,12,14)(H,15,16). The van der Waals surface area contributed by atoms with E-state index in [4.69, 9.17) is 15.6 Å². The lowest BCUT2D eigenvalue weighted by Gasteiger charge is -2.23. The molecule has 0 spiro atoms. The Morgan fingerprint density at radius 2 is 2.00 bits per heavy atom. The van der Waals surface area contributed by atoms with E-state index in [1.54, 1.807) is 0 Å². The largest absolute Gasteiger partial charge is 0.495 e. The zero-order valence-corrected chi connectivity index (χ0v) is 11.7. The Kier molecular flexibility index (Phi) is 4.56. The number of rotatable bonds is 6. The average Bonchev–Trinajstić information content (AvgIpc) is 2.33. The number of primary amides is 1. The normalized spacial score (nSPS) is 10.9. The van der Waals surface area contributed by atoms with Gasteiger partial charge in [0.15, 0.2) is 0 Å². The van der Waals surface area contributed by atoms with E-state index in [2.05, 4.69) is 0 Å². The highest BCUT2D eigenvalue weighted by Crippen LogP contribution is 2.31. The summed E-state index contributed by atoms with van der Waals surface area (Å²) in [7, 11) is -2.53. The average molecular weight is 302 g/mol. The van der Waals surface area contributed by atoms with Gasteiger partial charge >= 0.3 is 5.97 Å². The number of carboxylic acid groups (broad SMARTS) is 1. The second-order valence-electron chi connectivity index (χ2n) is 3.93. The summed E-state index contributed by atoms with van der Waals surface area (Å²) in [5, 5.41) is 8.94. The molecule has 0 heterocycles. The number of carbonyl (C=O) groups excluding carboxylic acids is 1. The molecule has 8 nitrogen and oxygen atoms in total. The number of ether oxygens (including phenoxy) is 1. The third-order valence-corrected chi connectivity index (χ3v) is 3.52. The predicted molar refractivity (Wildman–Crippen MR) is 71.3 cm³/mol. The molecule has 0 aromatic heterocycles. The number of amides is 1. The van der Waals surface area contributed by atoms with Gasteiger partial charge in [-0.15, -0.1) is 0 Å². The van der Waals surface area contributed by atoms with Crippen molar-refractivity contribution in [2.45, 2.75) is 0 Å². The van der Waals surface area contributed by atoms with E-state index in [-0.39, 0.29) is 17.0 Å². The van der Waals surface area contributed by atoms with Gasteiger partial charge in [0.2, 0.25) is 15.9 Å². The highest BCUT2D eigenvalue weighted by atomic mass is 32.2. The molecule has 0 aliphatic heterocycles. The van der Waals surface area contributed by atoms with Crippen molar-refractivity contribution in [1.29, 1.82) is 0 Å². The van der Waals surface area contributed by atoms with Crippen LogP contribution in [0.15, 0.2) is 18.2 Å². The summed E-state index contributed by atoms with van der Waals surface area (Å²) >= 11 is 0. The van der Waals surface area contributed by atoms with Crippen molar-refractivity contribution in [3.05, 3.63) is 23.8 Å². The van der Waals surface area contributed by atoms with E-state index in [1.807, 2.05) is 0 Å². The van der Waals surface area contributed by atoms with Crippen LogP contribution in [0.2, 0.25) is 0 Å². The molecule has 110 valence electrons. The molecule has 20 heavy (non-hydrogen) atoms. The molecule has 0 bridgehead atoms. The summed E-state index contributed by atoms with van der Waals surface area (Å²) < 4.78 is 29.1. The monoisotopic (exact) mass is 302 g/mol. The Balaban J connectivity index is 3.48. The first-order chi connectivity index (χ1) is 9.16. The first kappa shape index (κ1) is 15.8. The molecule has 1 aromatic carbocycles. The molecular formula is C11H14N2O6S. The number of nitrogens with two attached hydrogens (primary N) is 1. The van der Waals surface area contributed by atoms with Crippen molar-refractivity contribution >= 4 is 27.6 Å².